The van der Waals surface area contributed by atoms with Gasteiger partial charge in [0, 0.05) is 0 Å². The van der Waals surface area contributed by atoms with Crippen molar-refractivity contribution in [1.29, 1.82) is 0 Å². The van der Waals surface area contributed by atoms with Gasteiger partial charge in [-0.1, -0.05) is 56.7 Å². The minimum Gasteiger partial charge on any atom is -0.394 e. The summed E-state index contributed by atoms with van der Waals surface area (Å²) in [5, 5.41) is 29.6. The van der Waals surface area contributed by atoms with Gasteiger partial charge >= 0.3 is 0 Å². The van der Waals surface area contributed by atoms with Crippen LogP contribution in [-0.4, -0.2) is 53.1 Å². The standard InChI is InChI=1S/C25H40O5/c1-6-16(2)8-10-18-17(3)9-11-20-24(4,12-7-13-25(18,20)5)15-29-23-22(28)21(27)19(14-26)30-23/h6,8,18-23,26-28H,1,3,7,9-15H2,2,4-5H3/b16-8+/t18-,19+,20?,21+,22-,23-,24-,25+/m1/s1. The molecule has 5 nitrogen and oxygen atoms in total. The van der Waals surface area contributed by atoms with Gasteiger partial charge in [0.1, 0.15) is 18.3 Å². The Hall–Kier alpha value is -0.980. The van der Waals surface area contributed by atoms with E-state index in [1.54, 1.807) is 0 Å². The maximum Gasteiger partial charge on any atom is 0.186 e. The van der Waals surface area contributed by atoms with Gasteiger partial charge < -0.3 is 24.8 Å². The predicted molar refractivity (Wildman–Crippen MR) is 118 cm³/mol. The number of hydrogen-bond acceptors (Lipinski definition) is 5. The summed E-state index contributed by atoms with van der Waals surface area (Å²) < 4.78 is 11.6. The maximum absolute atomic E-state index is 10.2. The lowest BCUT2D eigenvalue weighted by atomic mass is 9.47. The van der Waals surface area contributed by atoms with Gasteiger partial charge in [-0.2, -0.15) is 0 Å². The van der Waals surface area contributed by atoms with Crippen molar-refractivity contribution in [3.63, 3.8) is 0 Å². The number of ether oxygens (including phenoxy) is 2. The highest BCUT2D eigenvalue weighted by atomic mass is 16.7. The highest BCUT2D eigenvalue weighted by molar-refractivity contribution is 5.20. The van der Waals surface area contributed by atoms with Crippen molar-refractivity contribution in [2.24, 2.45) is 22.7 Å². The van der Waals surface area contributed by atoms with Crippen LogP contribution >= 0.6 is 0 Å². The van der Waals surface area contributed by atoms with Crippen molar-refractivity contribution in [2.75, 3.05) is 13.2 Å². The molecular weight excluding hydrogens is 380 g/mol. The molecule has 3 fully saturated rings. The molecular formula is C25H40O5. The van der Waals surface area contributed by atoms with Crippen molar-refractivity contribution in [3.05, 3.63) is 36.5 Å². The summed E-state index contributed by atoms with van der Waals surface area (Å²) in [5.41, 5.74) is 2.69. The number of fused-ring (bicyclic) bond motifs is 1. The summed E-state index contributed by atoms with van der Waals surface area (Å²) in [6, 6.07) is 0. The first-order valence-electron chi connectivity index (χ1n) is 11.4. The smallest absolute Gasteiger partial charge is 0.186 e. The normalized spacial score (nSPS) is 44.7. The topological polar surface area (TPSA) is 79.2 Å². The van der Waals surface area contributed by atoms with Gasteiger partial charge in [0.2, 0.25) is 0 Å². The molecule has 3 rings (SSSR count). The van der Waals surface area contributed by atoms with Crippen LogP contribution in [0.4, 0.5) is 0 Å². The highest BCUT2D eigenvalue weighted by Gasteiger charge is 2.55. The number of hydrogen-bond donors (Lipinski definition) is 3. The zero-order valence-electron chi connectivity index (χ0n) is 18.8. The molecule has 2 saturated carbocycles. The zero-order valence-corrected chi connectivity index (χ0v) is 18.8. The number of aliphatic hydroxyl groups is 3. The largest absolute Gasteiger partial charge is 0.394 e. The van der Waals surface area contributed by atoms with E-state index in [4.69, 9.17) is 9.47 Å². The molecule has 0 spiro atoms. The van der Waals surface area contributed by atoms with Crippen LogP contribution in [-0.2, 0) is 9.47 Å². The lowest BCUT2D eigenvalue weighted by molar-refractivity contribution is -0.201. The molecule has 8 atom stereocenters. The summed E-state index contributed by atoms with van der Waals surface area (Å²) in [5.74, 6) is 0.934. The van der Waals surface area contributed by atoms with E-state index >= 15 is 0 Å². The van der Waals surface area contributed by atoms with Crippen molar-refractivity contribution < 1.29 is 24.8 Å². The summed E-state index contributed by atoms with van der Waals surface area (Å²) in [6.07, 6.45) is 6.79. The first kappa shape index (κ1) is 23.7. The van der Waals surface area contributed by atoms with Crippen LogP contribution < -0.4 is 0 Å². The molecule has 0 radical (unpaired) electrons. The lowest BCUT2D eigenvalue weighted by Gasteiger charge is -2.58. The minimum atomic E-state index is -1.13. The van der Waals surface area contributed by atoms with Crippen molar-refractivity contribution >= 4 is 0 Å². The quantitative estimate of drug-likeness (QED) is 0.432. The molecule has 170 valence electrons. The molecule has 1 heterocycles. The predicted octanol–water partition coefficient (Wildman–Crippen LogP) is 3.74. The van der Waals surface area contributed by atoms with Crippen LogP contribution in [0.5, 0.6) is 0 Å². The van der Waals surface area contributed by atoms with Gasteiger partial charge in [-0.05, 0) is 61.7 Å². The van der Waals surface area contributed by atoms with Crippen LogP contribution in [0.2, 0.25) is 0 Å². The molecule has 0 aromatic heterocycles. The Kier molecular flexibility index (Phi) is 7.30. The Morgan fingerprint density at radius 2 is 2.00 bits per heavy atom. The summed E-state index contributed by atoms with van der Waals surface area (Å²) in [6.45, 7) is 15.3. The second kappa shape index (κ2) is 9.25. The van der Waals surface area contributed by atoms with Crippen LogP contribution in [0.3, 0.4) is 0 Å². The van der Waals surface area contributed by atoms with E-state index < -0.39 is 24.6 Å². The molecule has 0 aromatic carbocycles. The Labute approximate surface area is 181 Å². The number of aliphatic hydroxyl groups excluding tert-OH is 3. The maximum atomic E-state index is 10.2. The molecule has 1 saturated heterocycles. The average Bonchev–Trinajstić information content (AvgIpc) is 2.99. The van der Waals surface area contributed by atoms with Crippen LogP contribution in [0.15, 0.2) is 36.5 Å². The fourth-order valence-electron chi connectivity index (χ4n) is 6.35. The van der Waals surface area contributed by atoms with Crippen LogP contribution in [0, 0.1) is 22.7 Å². The van der Waals surface area contributed by atoms with Gasteiger partial charge in [-0.3, -0.25) is 0 Å². The fraction of sp³-hybridized carbons (Fsp3) is 0.760. The molecule has 0 aromatic rings. The molecule has 0 bridgehead atoms. The number of allylic oxidation sites excluding steroid dienone is 4. The second-order valence-corrected chi connectivity index (χ2v) is 10.2. The molecule has 3 aliphatic rings. The van der Waals surface area contributed by atoms with Crippen molar-refractivity contribution in [3.8, 4) is 0 Å². The number of rotatable bonds is 7. The van der Waals surface area contributed by atoms with E-state index in [1.165, 1.54) is 17.6 Å². The van der Waals surface area contributed by atoms with Gasteiger partial charge in [0.25, 0.3) is 0 Å². The highest BCUT2D eigenvalue weighted by Crippen LogP contribution is 2.62. The SMILES string of the molecule is C=C/C(C)=C/C[C@@H]1C(=C)CCC2[C@@](C)(CO[C@@H]3O[C@@H](CO)[C@H](O)[C@H]3O)CCC[C@]21C. The van der Waals surface area contributed by atoms with Crippen molar-refractivity contribution in [2.45, 2.75) is 83.9 Å². The van der Waals surface area contributed by atoms with Crippen molar-refractivity contribution in [1.82, 2.24) is 0 Å². The molecule has 5 heteroatoms. The molecule has 3 N–H and O–H groups in total. The van der Waals surface area contributed by atoms with Gasteiger partial charge in [0.05, 0.1) is 13.2 Å². The minimum absolute atomic E-state index is 0.0333. The third-order valence-corrected chi connectivity index (χ3v) is 8.22. The molecule has 1 aliphatic heterocycles. The zero-order chi connectivity index (χ0) is 22.1. The summed E-state index contributed by atoms with van der Waals surface area (Å²) >= 11 is 0. The Morgan fingerprint density at radius 1 is 1.27 bits per heavy atom. The third kappa shape index (κ3) is 4.33. The molecule has 2 aliphatic carbocycles. The van der Waals surface area contributed by atoms with Crippen LogP contribution in [0.25, 0.3) is 0 Å². The van der Waals surface area contributed by atoms with E-state index in [9.17, 15) is 15.3 Å². The Morgan fingerprint density at radius 3 is 2.63 bits per heavy atom. The molecule has 0 amide bonds. The van der Waals surface area contributed by atoms with Gasteiger partial charge in [0.15, 0.2) is 6.29 Å². The Balaban J connectivity index is 1.75. The van der Waals surface area contributed by atoms with E-state index in [2.05, 4.69) is 40.0 Å². The first-order chi connectivity index (χ1) is 14.2. The first-order valence-corrected chi connectivity index (χ1v) is 11.4. The third-order valence-electron chi connectivity index (χ3n) is 8.22. The van der Waals surface area contributed by atoms with E-state index in [1.807, 2.05) is 6.08 Å². The second-order valence-electron chi connectivity index (χ2n) is 10.2. The van der Waals surface area contributed by atoms with E-state index in [0.717, 1.165) is 32.1 Å². The average molecular weight is 421 g/mol. The molecule has 1 unspecified atom stereocenters. The fourth-order valence-corrected chi connectivity index (χ4v) is 6.35. The monoisotopic (exact) mass is 420 g/mol. The van der Waals surface area contributed by atoms with Gasteiger partial charge in [-0.25, -0.2) is 0 Å². The van der Waals surface area contributed by atoms with Crippen LogP contribution in [0.1, 0.15) is 59.3 Å². The summed E-state index contributed by atoms with van der Waals surface area (Å²) in [4.78, 5) is 0. The summed E-state index contributed by atoms with van der Waals surface area (Å²) in [7, 11) is 0. The Bertz CT molecular complexity index is 672. The van der Waals surface area contributed by atoms with Gasteiger partial charge in [-0.15, -0.1) is 0 Å². The van der Waals surface area contributed by atoms with E-state index in [-0.39, 0.29) is 17.4 Å². The van der Waals surface area contributed by atoms with E-state index in [0.29, 0.717) is 18.4 Å². The lowest BCUT2D eigenvalue weighted by Crippen LogP contribution is -2.52. The molecule has 30 heavy (non-hydrogen) atoms.